The number of imidazole rings is 1. The van der Waals surface area contributed by atoms with Crippen molar-refractivity contribution in [1.29, 1.82) is 0 Å². The summed E-state index contributed by atoms with van der Waals surface area (Å²) in [6.07, 6.45) is 5.24. The molecule has 8 heteroatoms. The summed E-state index contributed by atoms with van der Waals surface area (Å²) in [6, 6.07) is 10.9. The third kappa shape index (κ3) is 3.77. The number of amides is 1. The summed E-state index contributed by atoms with van der Waals surface area (Å²) in [5, 5.41) is 3.36. The standard InChI is InChI=1S/C21H20N6O2/c1-14-22-9-10-26(14)19-11-16(7-8-23-19)12-24-20(28)13-27-15(2)25-18-6-4-3-5-17(18)21(27)29/h3-11H,12-13H2,1-2H3,(H,24,28). The van der Waals surface area contributed by atoms with Crippen LogP contribution in [0.15, 0.2) is 59.8 Å². The van der Waals surface area contributed by atoms with E-state index in [2.05, 4.69) is 20.3 Å². The average Bonchev–Trinajstić information content (AvgIpc) is 3.16. The Morgan fingerprint density at radius 3 is 2.69 bits per heavy atom. The predicted octanol–water partition coefficient (Wildman–Crippen LogP) is 1.91. The molecule has 0 aliphatic rings. The Bertz CT molecular complexity index is 1260. The van der Waals surface area contributed by atoms with Crippen LogP contribution in [-0.4, -0.2) is 30.0 Å². The number of hydrogen-bond donors (Lipinski definition) is 1. The molecule has 0 atom stereocenters. The summed E-state index contributed by atoms with van der Waals surface area (Å²) in [4.78, 5) is 38.1. The maximum Gasteiger partial charge on any atom is 0.261 e. The molecule has 0 spiro atoms. The lowest BCUT2D eigenvalue weighted by atomic mass is 10.2. The Morgan fingerprint density at radius 1 is 1.07 bits per heavy atom. The van der Waals surface area contributed by atoms with Crippen LogP contribution < -0.4 is 10.9 Å². The van der Waals surface area contributed by atoms with E-state index in [0.717, 1.165) is 17.2 Å². The highest BCUT2D eigenvalue weighted by Crippen LogP contribution is 2.10. The molecule has 29 heavy (non-hydrogen) atoms. The Hall–Kier alpha value is -3.81. The van der Waals surface area contributed by atoms with Crippen LogP contribution in [0, 0.1) is 13.8 Å². The zero-order valence-electron chi connectivity index (χ0n) is 16.2. The van der Waals surface area contributed by atoms with Crippen LogP contribution in [0.3, 0.4) is 0 Å². The number of aryl methyl sites for hydroxylation is 2. The van der Waals surface area contributed by atoms with Crippen LogP contribution in [0.4, 0.5) is 0 Å². The fourth-order valence-electron chi connectivity index (χ4n) is 3.19. The molecule has 1 amide bonds. The summed E-state index contributed by atoms with van der Waals surface area (Å²) in [5.41, 5.74) is 1.31. The monoisotopic (exact) mass is 388 g/mol. The molecule has 3 aromatic heterocycles. The Balaban J connectivity index is 1.48. The number of pyridine rings is 1. The molecule has 4 rings (SSSR count). The van der Waals surface area contributed by atoms with Gasteiger partial charge in [0, 0.05) is 25.1 Å². The van der Waals surface area contributed by atoms with E-state index >= 15 is 0 Å². The van der Waals surface area contributed by atoms with Gasteiger partial charge in [-0.1, -0.05) is 12.1 Å². The minimum absolute atomic E-state index is 0.0823. The molecule has 3 heterocycles. The van der Waals surface area contributed by atoms with Crippen LogP contribution in [-0.2, 0) is 17.9 Å². The summed E-state index contributed by atoms with van der Waals surface area (Å²) < 4.78 is 3.26. The highest BCUT2D eigenvalue weighted by molar-refractivity contribution is 5.79. The number of carbonyl (C=O) groups excluding carboxylic acids is 1. The van der Waals surface area contributed by atoms with Gasteiger partial charge >= 0.3 is 0 Å². The van der Waals surface area contributed by atoms with Crippen molar-refractivity contribution in [3.63, 3.8) is 0 Å². The second-order valence-electron chi connectivity index (χ2n) is 6.71. The molecule has 4 aromatic rings. The van der Waals surface area contributed by atoms with Gasteiger partial charge in [0.25, 0.3) is 5.56 Å². The van der Waals surface area contributed by atoms with Crippen molar-refractivity contribution in [3.05, 3.63) is 82.6 Å². The van der Waals surface area contributed by atoms with Crippen LogP contribution in [0.5, 0.6) is 0 Å². The first kappa shape index (κ1) is 18.5. The van der Waals surface area contributed by atoms with Crippen molar-refractivity contribution in [1.82, 2.24) is 29.4 Å². The number of fused-ring (bicyclic) bond motifs is 1. The van der Waals surface area contributed by atoms with Gasteiger partial charge in [0.05, 0.1) is 10.9 Å². The summed E-state index contributed by atoms with van der Waals surface area (Å²) in [7, 11) is 0. The van der Waals surface area contributed by atoms with E-state index in [-0.39, 0.29) is 18.0 Å². The van der Waals surface area contributed by atoms with E-state index in [1.54, 1.807) is 37.5 Å². The fourth-order valence-corrected chi connectivity index (χ4v) is 3.19. The van der Waals surface area contributed by atoms with E-state index in [4.69, 9.17) is 0 Å². The fraction of sp³-hybridized carbons (Fsp3) is 0.190. The van der Waals surface area contributed by atoms with Crippen LogP contribution >= 0.6 is 0 Å². The lowest BCUT2D eigenvalue weighted by Gasteiger charge is -2.12. The maximum atomic E-state index is 12.7. The third-order valence-electron chi connectivity index (χ3n) is 4.73. The van der Waals surface area contributed by atoms with Gasteiger partial charge < -0.3 is 5.32 Å². The van der Waals surface area contributed by atoms with E-state index in [0.29, 0.717) is 23.3 Å². The minimum atomic E-state index is -0.260. The molecule has 8 nitrogen and oxygen atoms in total. The first-order chi connectivity index (χ1) is 14.0. The largest absolute Gasteiger partial charge is 0.350 e. The second kappa shape index (κ2) is 7.67. The van der Waals surface area contributed by atoms with Crippen molar-refractivity contribution in [2.24, 2.45) is 0 Å². The number of para-hydroxylation sites is 1. The second-order valence-corrected chi connectivity index (χ2v) is 6.71. The molecule has 0 aliphatic heterocycles. The van der Waals surface area contributed by atoms with Crippen molar-refractivity contribution < 1.29 is 4.79 Å². The Morgan fingerprint density at radius 2 is 1.90 bits per heavy atom. The molecule has 0 unspecified atom stereocenters. The Kier molecular flexibility index (Phi) is 4.90. The van der Waals surface area contributed by atoms with Crippen molar-refractivity contribution >= 4 is 16.8 Å². The van der Waals surface area contributed by atoms with E-state index in [9.17, 15) is 9.59 Å². The lowest BCUT2D eigenvalue weighted by molar-refractivity contribution is -0.121. The number of carbonyl (C=O) groups is 1. The van der Waals surface area contributed by atoms with Gasteiger partial charge in [-0.15, -0.1) is 0 Å². The smallest absolute Gasteiger partial charge is 0.261 e. The zero-order chi connectivity index (χ0) is 20.4. The first-order valence-corrected chi connectivity index (χ1v) is 9.21. The molecular formula is C21H20N6O2. The van der Waals surface area contributed by atoms with Gasteiger partial charge in [-0.05, 0) is 43.7 Å². The van der Waals surface area contributed by atoms with Gasteiger partial charge in [-0.25, -0.2) is 15.0 Å². The average molecular weight is 388 g/mol. The van der Waals surface area contributed by atoms with Crippen molar-refractivity contribution in [2.45, 2.75) is 26.9 Å². The van der Waals surface area contributed by atoms with E-state index in [1.807, 2.05) is 35.9 Å². The van der Waals surface area contributed by atoms with Gasteiger partial charge in [0.1, 0.15) is 24.0 Å². The number of rotatable bonds is 5. The number of nitrogens with zero attached hydrogens (tertiary/aromatic N) is 5. The molecule has 0 saturated heterocycles. The van der Waals surface area contributed by atoms with Gasteiger partial charge in [0.15, 0.2) is 0 Å². The molecule has 146 valence electrons. The quantitative estimate of drug-likeness (QED) is 0.564. The van der Waals surface area contributed by atoms with Crippen LogP contribution in [0.2, 0.25) is 0 Å². The summed E-state index contributed by atoms with van der Waals surface area (Å²) >= 11 is 0. The molecule has 0 fully saturated rings. The van der Waals surface area contributed by atoms with E-state index < -0.39 is 0 Å². The lowest BCUT2D eigenvalue weighted by Crippen LogP contribution is -2.33. The molecule has 0 saturated carbocycles. The number of aromatic nitrogens is 5. The maximum absolute atomic E-state index is 12.7. The highest BCUT2D eigenvalue weighted by atomic mass is 16.2. The zero-order valence-corrected chi connectivity index (χ0v) is 16.2. The molecule has 1 N–H and O–H groups in total. The summed E-state index contributed by atoms with van der Waals surface area (Å²) in [6.45, 7) is 3.87. The van der Waals surface area contributed by atoms with Gasteiger partial charge in [-0.3, -0.25) is 18.7 Å². The molecule has 0 bridgehead atoms. The van der Waals surface area contributed by atoms with Crippen molar-refractivity contribution in [3.8, 4) is 5.82 Å². The topological polar surface area (TPSA) is 94.7 Å². The molecule has 1 aromatic carbocycles. The summed E-state index contributed by atoms with van der Waals surface area (Å²) in [5.74, 6) is 1.81. The molecular weight excluding hydrogens is 368 g/mol. The number of benzene rings is 1. The van der Waals surface area contributed by atoms with Gasteiger partial charge in [-0.2, -0.15) is 0 Å². The minimum Gasteiger partial charge on any atom is -0.350 e. The SMILES string of the molecule is Cc1nccn1-c1cc(CNC(=O)Cn2c(C)nc3ccccc3c2=O)ccn1. The van der Waals surface area contributed by atoms with Crippen LogP contribution in [0.1, 0.15) is 17.2 Å². The van der Waals surface area contributed by atoms with E-state index in [1.165, 1.54) is 4.57 Å². The third-order valence-corrected chi connectivity index (χ3v) is 4.73. The first-order valence-electron chi connectivity index (χ1n) is 9.21. The normalized spacial score (nSPS) is 11.0. The number of nitrogens with one attached hydrogen (secondary N) is 1. The van der Waals surface area contributed by atoms with Crippen LogP contribution in [0.25, 0.3) is 16.7 Å². The Labute approximate surface area is 166 Å². The molecule has 0 aliphatic carbocycles. The highest BCUT2D eigenvalue weighted by Gasteiger charge is 2.11. The van der Waals surface area contributed by atoms with Gasteiger partial charge in [0.2, 0.25) is 5.91 Å². The van der Waals surface area contributed by atoms with Crippen molar-refractivity contribution in [2.75, 3.05) is 0 Å². The molecule has 0 radical (unpaired) electrons. The number of hydrogen-bond acceptors (Lipinski definition) is 5. The predicted molar refractivity (Wildman–Crippen MR) is 109 cm³/mol.